The van der Waals surface area contributed by atoms with Crippen LogP contribution in [0.25, 0.3) is 0 Å². The van der Waals surface area contributed by atoms with Gasteiger partial charge in [-0.25, -0.2) is 4.39 Å². The largest absolute Gasteiger partial charge is 0.494 e. The Bertz CT molecular complexity index is 438. The van der Waals surface area contributed by atoms with Crippen LogP contribution >= 0.6 is 0 Å². The maximum atomic E-state index is 14.3. The number of hydrogen-bond acceptors (Lipinski definition) is 3. The van der Waals surface area contributed by atoms with Crippen molar-refractivity contribution < 1.29 is 9.13 Å². The fraction of sp³-hybridized carbons (Fsp3) is 0.625. The van der Waals surface area contributed by atoms with Crippen LogP contribution in [0.2, 0.25) is 0 Å². The van der Waals surface area contributed by atoms with Crippen LogP contribution in [-0.2, 0) is 6.54 Å². The predicted molar refractivity (Wildman–Crippen MR) is 79.5 cm³/mol. The molecule has 1 saturated heterocycles. The number of hydrogen-bond donors (Lipinski definition) is 1. The maximum Gasteiger partial charge on any atom is 0.169 e. The Morgan fingerprint density at radius 3 is 3.00 bits per heavy atom. The van der Waals surface area contributed by atoms with E-state index in [0.29, 0.717) is 24.3 Å². The van der Waals surface area contributed by atoms with E-state index in [0.717, 1.165) is 31.6 Å². The van der Waals surface area contributed by atoms with E-state index in [1.54, 1.807) is 6.07 Å². The molecule has 0 amide bonds. The second-order valence-electron chi connectivity index (χ2n) is 5.56. The molecule has 2 atom stereocenters. The summed E-state index contributed by atoms with van der Waals surface area (Å²) in [6.45, 7) is 8.06. The zero-order chi connectivity index (χ0) is 14.5. The number of halogens is 1. The molecule has 4 heteroatoms. The summed E-state index contributed by atoms with van der Waals surface area (Å²) in [6, 6.07) is 5.85. The summed E-state index contributed by atoms with van der Waals surface area (Å²) in [5.74, 6) is 0.714. The van der Waals surface area contributed by atoms with E-state index in [1.807, 2.05) is 12.1 Å². The van der Waals surface area contributed by atoms with Crippen molar-refractivity contribution in [3.63, 3.8) is 0 Å². The Morgan fingerprint density at radius 1 is 1.50 bits per heavy atom. The molecule has 1 aromatic rings. The Balaban J connectivity index is 2.14. The molecular weight excluding hydrogens is 255 g/mol. The molecule has 1 aliphatic rings. The van der Waals surface area contributed by atoms with Crippen LogP contribution in [-0.4, -0.2) is 37.7 Å². The summed E-state index contributed by atoms with van der Waals surface area (Å²) < 4.78 is 19.3. The summed E-state index contributed by atoms with van der Waals surface area (Å²) in [7, 11) is 1.51. The SMILES string of the molecule is CCC(C)C1CNCCN1Cc1cccc(OC)c1F. The number of rotatable bonds is 5. The van der Waals surface area contributed by atoms with Crippen LogP contribution in [0.15, 0.2) is 18.2 Å². The zero-order valence-electron chi connectivity index (χ0n) is 12.7. The summed E-state index contributed by atoms with van der Waals surface area (Å²) in [5, 5.41) is 3.44. The van der Waals surface area contributed by atoms with Gasteiger partial charge in [0.25, 0.3) is 0 Å². The number of nitrogens with zero attached hydrogens (tertiary/aromatic N) is 1. The third kappa shape index (κ3) is 3.30. The van der Waals surface area contributed by atoms with Crippen molar-refractivity contribution in [2.24, 2.45) is 5.92 Å². The number of nitrogens with one attached hydrogen (secondary N) is 1. The van der Waals surface area contributed by atoms with E-state index >= 15 is 0 Å². The van der Waals surface area contributed by atoms with Gasteiger partial charge < -0.3 is 10.1 Å². The molecule has 0 spiro atoms. The Morgan fingerprint density at radius 2 is 2.30 bits per heavy atom. The first-order valence-electron chi connectivity index (χ1n) is 7.43. The lowest BCUT2D eigenvalue weighted by Gasteiger charge is -2.39. The molecule has 2 unspecified atom stereocenters. The summed E-state index contributed by atoms with van der Waals surface area (Å²) in [4.78, 5) is 2.39. The Labute approximate surface area is 121 Å². The first-order valence-corrected chi connectivity index (χ1v) is 7.43. The topological polar surface area (TPSA) is 24.5 Å². The number of piperazine rings is 1. The quantitative estimate of drug-likeness (QED) is 0.897. The molecule has 0 saturated carbocycles. The fourth-order valence-corrected chi connectivity index (χ4v) is 2.85. The highest BCUT2D eigenvalue weighted by Gasteiger charge is 2.27. The lowest BCUT2D eigenvalue weighted by Crippen LogP contribution is -2.53. The van der Waals surface area contributed by atoms with Crippen molar-refractivity contribution >= 4 is 0 Å². The van der Waals surface area contributed by atoms with Gasteiger partial charge in [-0.3, -0.25) is 4.90 Å². The molecule has 1 N–H and O–H groups in total. The number of methoxy groups -OCH3 is 1. The molecule has 1 heterocycles. The van der Waals surface area contributed by atoms with Gasteiger partial charge in [0.15, 0.2) is 11.6 Å². The van der Waals surface area contributed by atoms with Gasteiger partial charge in [-0.1, -0.05) is 32.4 Å². The molecule has 0 bridgehead atoms. The monoisotopic (exact) mass is 280 g/mol. The van der Waals surface area contributed by atoms with E-state index < -0.39 is 0 Å². The zero-order valence-corrected chi connectivity index (χ0v) is 12.7. The van der Waals surface area contributed by atoms with Gasteiger partial charge in [0.05, 0.1) is 7.11 Å². The average molecular weight is 280 g/mol. The highest BCUT2D eigenvalue weighted by Crippen LogP contribution is 2.24. The summed E-state index contributed by atoms with van der Waals surface area (Å²) >= 11 is 0. The van der Waals surface area contributed by atoms with E-state index in [4.69, 9.17) is 4.74 Å². The molecule has 1 aromatic carbocycles. The summed E-state index contributed by atoms with van der Waals surface area (Å²) in [6.07, 6.45) is 1.14. The van der Waals surface area contributed by atoms with Gasteiger partial charge >= 0.3 is 0 Å². The van der Waals surface area contributed by atoms with Crippen molar-refractivity contribution in [1.29, 1.82) is 0 Å². The van der Waals surface area contributed by atoms with Gasteiger partial charge in [-0.2, -0.15) is 0 Å². The second kappa shape index (κ2) is 7.04. The van der Waals surface area contributed by atoms with Gasteiger partial charge in [0.2, 0.25) is 0 Å². The van der Waals surface area contributed by atoms with Gasteiger partial charge in [0, 0.05) is 37.8 Å². The van der Waals surface area contributed by atoms with Gasteiger partial charge in [0.1, 0.15) is 0 Å². The highest BCUT2D eigenvalue weighted by atomic mass is 19.1. The van der Waals surface area contributed by atoms with Crippen LogP contribution in [0.1, 0.15) is 25.8 Å². The molecule has 1 fully saturated rings. The Hall–Kier alpha value is -1.13. The minimum Gasteiger partial charge on any atom is -0.494 e. The molecule has 20 heavy (non-hydrogen) atoms. The van der Waals surface area contributed by atoms with Crippen molar-refractivity contribution in [3.8, 4) is 5.75 Å². The van der Waals surface area contributed by atoms with Crippen LogP contribution < -0.4 is 10.1 Å². The van der Waals surface area contributed by atoms with E-state index in [-0.39, 0.29) is 5.82 Å². The highest BCUT2D eigenvalue weighted by molar-refractivity contribution is 5.31. The molecule has 2 rings (SSSR count). The molecule has 0 radical (unpaired) electrons. The van der Waals surface area contributed by atoms with Gasteiger partial charge in [-0.05, 0) is 12.0 Å². The molecule has 3 nitrogen and oxygen atoms in total. The average Bonchev–Trinajstić information content (AvgIpc) is 2.49. The van der Waals surface area contributed by atoms with Crippen molar-refractivity contribution in [3.05, 3.63) is 29.6 Å². The smallest absolute Gasteiger partial charge is 0.169 e. The van der Waals surface area contributed by atoms with E-state index in [9.17, 15) is 4.39 Å². The normalized spacial score (nSPS) is 21.7. The van der Waals surface area contributed by atoms with Crippen LogP contribution in [0, 0.1) is 11.7 Å². The summed E-state index contributed by atoms with van der Waals surface area (Å²) in [5.41, 5.74) is 0.722. The maximum absolute atomic E-state index is 14.3. The Kier molecular flexibility index (Phi) is 5.38. The molecular formula is C16H25FN2O. The molecule has 0 aromatic heterocycles. The standard InChI is InChI=1S/C16H25FN2O/c1-4-12(2)14-10-18-8-9-19(14)11-13-6-5-7-15(20-3)16(13)17/h5-7,12,14,18H,4,8-11H2,1-3H3. The molecule has 1 aliphatic heterocycles. The minimum atomic E-state index is -0.226. The van der Waals surface area contributed by atoms with E-state index in [2.05, 4.69) is 24.1 Å². The molecule has 112 valence electrons. The fourth-order valence-electron chi connectivity index (χ4n) is 2.85. The van der Waals surface area contributed by atoms with Crippen LogP contribution in [0.3, 0.4) is 0 Å². The minimum absolute atomic E-state index is 0.226. The number of ether oxygens (including phenoxy) is 1. The van der Waals surface area contributed by atoms with E-state index in [1.165, 1.54) is 7.11 Å². The predicted octanol–water partition coefficient (Wildman–Crippen LogP) is 2.65. The van der Waals surface area contributed by atoms with Crippen molar-refractivity contribution in [2.75, 3.05) is 26.7 Å². The van der Waals surface area contributed by atoms with Crippen molar-refractivity contribution in [1.82, 2.24) is 10.2 Å². The third-order valence-corrected chi connectivity index (χ3v) is 4.34. The van der Waals surface area contributed by atoms with Crippen LogP contribution in [0.5, 0.6) is 5.75 Å². The third-order valence-electron chi connectivity index (χ3n) is 4.34. The molecule has 0 aliphatic carbocycles. The van der Waals surface area contributed by atoms with Gasteiger partial charge in [-0.15, -0.1) is 0 Å². The van der Waals surface area contributed by atoms with Crippen molar-refractivity contribution in [2.45, 2.75) is 32.9 Å². The first kappa shape index (κ1) is 15.3. The first-order chi connectivity index (χ1) is 9.67. The second-order valence-corrected chi connectivity index (χ2v) is 5.56. The lowest BCUT2D eigenvalue weighted by molar-refractivity contribution is 0.107. The number of benzene rings is 1. The van der Waals surface area contributed by atoms with Crippen LogP contribution in [0.4, 0.5) is 4.39 Å². The lowest BCUT2D eigenvalue weighted by atomic mass is 9.95.